The summed E-state index contributed by atoms with van der Waals surface area (Å²) in [5.74, 6) is -0.344. The van der Waals surface area contributed by atoms with Gasteiger partial charge in [-0.3, -0.25) is 10.2 Å². The van der Waals surface area contributed by atoms with Gasteiger partial charge in [-0.05, 0) is 43.4 Å². The van der Waals surface area contributed by atoms with Gasteiger partial charge in [0.2, 0.25) is 0 Å². The maximum absolute atomic E-state index is 12.6. The van der Waals surface area contributed by atoms with Gasteiger partial charge in [-0.1, -0.05) is 44.0 Å². The van der Waals surface area contributed by atoms with Crippen LogP contribution in [0.1, 0.15) is 51.5 Å². The first-order valence-corrected chi connectivity index (χ1v) is 10.1. The molecule has 0 spiro atoms. The summed E-state index contributed by atoms with van der Waals surface area (Å²) in [5.41, 5.74) is 2.80. The van der Waals surface area contributed by atoms with E-state index in [9.17, 15) is 4.79 Å². The van der Waals surface area contributed by atoms with Gasteiger partial charge in [-0.25, -0.2) is 0 Å². The van der Waals surface area contributed by atoms with E-state index in [1.807, 2.05) is 12.1 Å². The minimum atomic E-state index is -0.344. The first kappa shape index (κ1) is 21.5. The number of allylic oxidation sites excluding steroid dienone is 1. The molecule has 3 N–H and O–H groups in total. The topological polar surface area (TPSA) is 74.2 Å². The molecule has 0 saturated carbocycles. The lowest BCUT2D eigenvalue weighted by Gasteiger charge is -2.28. The van der Waals surface area contributed by atoms with Crippen molar-refractivity contribution in [2.24, 2.45) is 0 Å². The van der Waals surface area contributed by atoms with Gasteiger partial charge in [-0.15, -0.1) is 0 Å². The SMILES string of the molecule is CCCC/C(C(=N)C(=O)NCc1ccc(Cl)cc1)=C(\CC)NCC1CCO1. The summed E-state index contributed by atoms with van der Waals surface area (Å²) in [5, 5.41) is 15.4. The number of unbranched alkanes of at least 4 members (excludes halogenated alkanes) is 1. The molecule has 5 nitrogen and oxygen atoms in total. The van der Waals surface area contributed by atoms with Crippen LogP contribution >= 0.6 is 11.6 Å². The minimum absolute atomic E-state index is 0.0521. The molecule has 1 aromatic rings. The average molecular weight is 392 g/mol. The van der Waals surface area contributed by atoms with Crippen LogP contribution in [0.3, 0.4) is 0 Å². The van der Waals surface area contributed by atoms with Crippen molar-refractivity contribution in [2.75, 3.05) is 13.2 Å². The highest BCUT2D eigenvalue weighted by Crippen LogP contribution is 2.17. The van der Waals surface area contributed by atoms with Gasteiger partial charge in [0, 0.05) is 36.0 Å². The highest BCUT2D eigenvalue weighted by molar-refractivity contribution is 6.44. The molecule has 1 amide bonds. The van der Waals surface area contributed by atoms with Crippen LogP contribution in [0.4, 0.5) is 0 Å². The Balaban J connectivity index is 2.02. The summed E-state index contributed by atoms with van der Waals surface area (Å²) in [6.45, 7) is 6.10. The lowest BCUT2D eigenvalue weighted by atomic mass is 9.99. The van der Waals surface area contributed by atoms with Crippen molar-refractivity contribution in [3.8, 4) is 0 Å². The van der Waals surface area contributed by atoms with Crippen LogP contribution in [-0.4, -0.2) is 30.9 Å². The zero-order valence-electron chi connectivity index (χ0n) is 16.2. The van der Waals surface area contributed by atoms with Gasteiger partial charge in [0.1, 0.15) is 5.71 Å². The predicted octanol–water partition coefficient (Wildman–Crippen LogP) is 4.21. The van der Waals surface area contributed by atoms with Gasteiger partial charge in [0.15, 0.2) is 0 Å². The van der Waals surface area contributed by atoms with E-state index in [1.54, 1.807) is 12.1 Å². The maximum atomic E-state index is 12.6. The molecular weight excluding hydrogens is 362 g/mol. The summed E-state index contributed by atoms with van der Waals surface area (Å²) < 4.78 is 5.46. The predicted molar refractivity (Wildman–Crippen MR) is 110 cm³/mol. The summed E-state index contributed by atoms with van der Waals surface area (Å²) in [4.78, 5) is 12.6. The minimum Gasteiger partial charge on any atom is -0.385 e. The zero-order chi connectivity index (χ0) is 19.6. The summed E-state index contributed by atoms with van der Waals surface area (Å²) in [6.07, 6.45) is 4.77. The molecule has 1 aromatic carbocycles. The molecule has 1 unspecified atom stereocenters. The zero-order valence-corrected chi connectivity index (χ0v) is 17.0. The largest absolute Gasteiger partial charge is 0.385 e. The van der Waals surface area contributed by atoms with Crippen molar-refractivity contribution in [3.63, 3.8) is 0 Å². The van der Waals surface area contributed by atoms with E-state index in [1.165, 1.54) is 0 Å². The molecule has 6 heteroatoms. The Kier molecular flexibility index (Phi) is 8.82. The summed E-state index contributed by atoms with van der Waals surface area (Å²) in [6, 6.07) is 7.33. The Morgan fingerprint density at radius 1 is 1.26 bits per heavy atom. The molecule has 0 aromatic heterocycles. The second-order valence-corrected chi connectivity index (χ2v) is 7.20. The standard InChI is InChI=1S/C21H30ClN3O2/c1-3-5-6-18(19(4-2)24-14-17-11-12-27-17)20(23)21(26)25-13-15-7-9-16(22)10-8-15/h7-10,17,23-24H,3-6,11-14H2,1-2H3,(H,25,26)/b19-18-,23-20?. The normalized spacial score (nSPS) is 16.9. The van der Waals surface area contributed by atoms with Crippen LogP contribution in [0.15, 0.2) is 35.5 Å². The molecular formula is C21H30ClN3O2. The number of hydrogen-bond donors (Lipinski definition) is 3. The number of nitrogens with one attached hydrogen (secondary N) is 3. The highest BCUT2D eigenvalue weighted by atomic mass is 35.5. The van der Waals surface area contributed by atoms with Crippen LogP contribution in [0.5, 0.6) is 0 Å². The molecule has 27 heavy (non-hydrogen) atoms. The van der Waals surface area contributed by atoms with Gasteiger partial charge < -0.3 is 15.4 Å². The van der Waals surface area contributed by atoms with Gasteiger partial charge >= 0.3 is 0 Å². The van der Waals surface area contributed by atoms with Gasteiger partial charge in [-0.2, -0.15) is 0 Å². The van der Waals surface area contributed by atoms with E-state index in [2.05, 4.69) is 24.5 Å². The van der Waals surface area contributed by atoms with E-state index >= 15 is 0 Å². The lowest BCUT2D eigenvalue weighted by Crippen LogP contribution is -2.38. The number of benzene rings is 1. The molecule has 0 aliphatic carbocycles. The molecule has 1 heterocycles. The van der Waals surface area contributed by atoms with E-state index < -0.39 is 0 Å². The Morgan fingerprint density at radius 3 is 2.52 bits per heavy atom. The van der Waals surface area contributed by atoms with Crippen molar-refractivity contribution >= 4 is 23.2 Å². The molecule has 1 aliphatic heterocycles. The van der Waals surface area contributed by atoms with Crippen LogP contribution in [0.25, 0.3) is 0 Å². The fourth-order valence-corrected chi connectivity index (χ4v) is 3.04. The van der Waals surface area contributed by atoms with Gasteiger partial charge in [0.25, 0.3) is 5.91 Å². The van der Waals surface area contributed by atoms with E-state index in [0.717, 1.165) is 62.1 Å². The van der Waals surface area contributed by atoms with E-state index in [0.29, 0.717) is 11.6 Å². The van der Waals surface area contributed by atoms with Crippen molar-refractivity contribution in [1.29, 1.82) is 5.41 Å². The van der Waals surface area contributed by atoms with E-state index in [4.69, 9.17) is 21.7 Å². The molecule has 2 rings (SSSR count). The third-order valence-corrected chi connectivity index (χ3v) is 4.98. The second-order valence-electron chi connectivity index (χ2n) is 6.76. The molecule has 1 fully saturated rings. The number of halogens is 1. The number of rotatable bonds is 11. The molecule has 0 radical (unpaired) electrons. The van der Waals surface area contributed by atoms with Crippen molar-refractivity contribution in [1.82, 2.24) is 10.6 Å². The van der Waals surface area contributed by atoms with E-state index in [-0.39, 0.29) is 17.7 Å². The van der Waals surface area contributed by atoms with Crippen LogP contribution in [-0.2, 0) is 16.1 Å². The summed E-state index contributed by atoms with van der Waals surface area (Å²) in [7, 11) is 0. The molecule has 1 saturated heterocycles. The van der Waals surface area contributed by atoms with Crippen molar-refractivity contribution in [2.45, 2.75) is 58.6 Å². The Hall–Kier alpha value is -1.85. The van der Waals surface area contributed by atoms with Crippen molar-refractivity contribution < 1.29 is 9.53 Å². The number of carbonyl (C=O) groups is 1. The van der Waals surface area contributed by atoms with Crippen LogP contribution in [0, 0.1) is 5.41 Å². The highest BCUT2D eigenvalue weighted by Gasteiger charge is 2.21. The van der Waals surface area contributed by atoms with Gasteiger partial charge in [0.05, 0.1) is 6.10 Å². The third kappa shape index (κ3) is 6.67. The molecule has 0 bridgehead atoms. The first-order chi connectivity index (χ1) is 13.0. The Labute approximate surface area is 167 Å². The summed E-state index contributed by atoms with van der Waals surface area (Å²) >= 11 is 5.89. The maximum Gasteiger partial charge on any atom is 0.269 e. The third-order valence-electron chi connectivity index (χ3n) is 4.73. The fourth-order valence-electron chi connectivity index (χ4n) is 2.92. The number of hydrogen-bond acceptors (Lipinski definition) is 4. The fraction of sp³-hybridized carbons (Fsp3) is 0.524. The Bertz CT molecular complexity index is 667. The average Bonchev–Trinajstić information content (AvgIpc) is 2.64. The smallest absolute Gasteiger partial charge is 0.269 e. The number of carbonyl (C=O) groups excluding carboxylic acids is 1. The first-order valence-electron chi connectivity index (χ1n) is 9.74. The molecule has 1 atom stereocenters. The van der Waals surface area contributed by atoms with Crippen LogP contribution < -0.4 is 10.6 Å². The Morgan fingerprint density at radius 2 is 1.96 bits per heavy atom. The quantitative estimate of drug-likeness (QED) is 0.494. The number of ether oxygens (including phenoxy) is 1. The molecule has 1 aliphatic rings. The van der Waals surface area contributed by atoms with Crippen molar-refractivity contribution in [3.05, 3.63) is 46.1 Å². The monoisotopic (exact) mass is 391 g/mol. The molecule has 148 valence electrons. The lowest BCUT2D eigenvalue weighted by molar-refractivity contribution is -0.115. The second kappa shape index (κ2) is 11.1. The van der Waals surface area contributed by atoms with Crippen LogP contribution in [0.2, 0.25) is 5.02 Å². The number of amides is 1.